The van der Waals surface area contributed by atoms with Crippen molar-refractivity contribution < 1.29 is 13.1 Å². The second-order valence-corrected chi connectivity index (χ2v) is 14.2. The van der Waals surface area contributed by atoms with Crippen LogP contribution in [0.25, 0.3) is 44.3 Å². The van der Waals surface area contributed by atoms with Gasteiger partial charge in [-0.05, 0) is 90.1 Å². The third-order valence-electron chi connectivity index (χ3n) is 10.0. The predicted molar refractivity (Wildman–Crippen MR) is 180 cm³/mol. The maximum absolute atomic E-state index is 10.2. The van der Waals surface area contributed by atoms with Gasteiger partial charge >= 0.3 is 0 Å². The first-order chi connectivity index (χ1) is 22.3. The number of furan rings is 1. The summed E-state index contributed by atoms with van der Waals surface area (Å²) in [5.41, 5.74) is 7.57. The number of fused-ring (bicyclic) bond motifs is 4. The van der Waals surface area contributed by atoms with Crippen molar-refractivity contribution in [3.05, 3.63) is 89.1 Å². The van der Waals surface area contributed by atoms with Crippen LogP contribution in [-0.4, -0.2) is 0 Å². The van der Waals surface area contributed by atoms with Gasteiger partial charge in [-0.15, -0.1) is 0 Å². The smallest absolute Gasteiger partial charge is 0.216 e. The van der Waals surface area contributed by atoms with Crippen LogP contribution >= 0.6 is 0 Å². The average Bonchev–Trinajstić information content (AvgIpc) is 3.42. The molecule has 0 spiro atoms. The Bertz CT molecular complexity index is 2050. The topological polar surface area (TPSA) is 40.8 Å². The lowest BCUT2D eigenvalue weighted by atomic mass is 9.66. The number of hydrogen-bond donors (Lipinski definition) is 0. The zero-order valence-electron chi connectivity index (χ0n) is 29.8. The molecule has 2 fully saturated rings. The van der Waals surface area contributed by atoms with E-state index < -0.39 is 17.7 Å². The number of benzene rings is 3. The van der Waals surface area contributed by atoms with Crippen molar-refractivity contribution in [3.63, 3.8) is 0 Å². The van der Waals surface area contributed by atoms with Gasteiger partial charge in [0.15, 0.2) is 6.20 Å². The molecule has 0 N–H and O–H groups in total. The standard InChI is InChI=1S/C41H45N2O/c1-26-10-18-34-35-19-17-33(25-42)38(30-14-11-29(12-15-30)32-16-13-28-8-6-7-9-31(28)23-32)40(35)44-39(34)37(26)36-22-27(20-21-43(36)5)24-41(2,3)4/h10-12,14-15,17-22,28,31-32H,6-9,13,16,23-24H2,1-5H3/q+1/i24D2,32D. The van der Waals surface area contributed by atoms with Crippen LogP contribution in [0.15, 0.2) is 71.3 Å². The summed E-state index contributed by atoms with van der Waals surface area (Å²) >= 11 is 0. The molecule has 0 saturated heterocycles. The van der Waals surface area contributed by atoms with E-state index in [1.54, 1.807) is 0 Å². The zero-order chi connectivity index (χ0) is 33.3. The van der Waals surface area contributed by atoms with Crippen molar-refractivity contribution in [1.29, 1.82) is 5.26 Å². The van der Waals surface area contributed by atoms with E-state index in [4.69, 9.17) is 7.16 Å². The zero-order valence-corrected chi connectivity index (χ0v) is 26.8. The van der Waals surface area contributed by atoms with E-state index in [9.17, 15) is 6.63 Å². The van der Waals surface area contributed by atoms with E-state index in [-0.39, 0.29) is 0 Å². The van der Waals surface area contributed by atoms with E-state index in [0.29, 0.717) is 22.6 Å². The van der Waals surface area contributed by atoms with Gasteiger partial charge in [-0.3, -0.25) is 0 Å². The molecule has 5 aromatic rings. The molecule has 3 aromatic carbocycles. The summed E-state index contributed by atoms with van der Waals surface area (Å²) in [5.74, 6) is 0.902. The molecule has 3 atom stereocenters. The number of pyridine rings is 1. The highest BCUT2D eigenvalue weighted by Crippen LogP contribution is 2.47. The molecule has 0 radical (unpaired) electrons. The molecule has 2 saturated carbocycles. The Hall–Kier alpha value is -3.90. The first-order valence-corrected chi connectivity index (χ1v) is 16.3. The maximum Gasteiger partial charge on any atom is 0.216 e. The predicted octanol–water partition coefficient (Wildman–Crippen LogP) is 10.6. The number of aryl methyl sites for hydroxylation is 2. The summed E-state index contributed by atoms with van der Waals surface area (Å²) in [6.07, 6.45) is 8.62. The molecule has 7 rings (SSSR count). The van der Waals surface area contributed by atoms with Crippen LogP contribution in [0, 0.1) is 35.5 Å². The average molecular weight is 585 g/mol. The molecule has 3 unspecified atom stereocenters. The summed E-state index contributed by atoms with van der Waals surface area (Å²) in [6.45, 7) is 7.84. The third-order valence-corrected chi connectivity index (χ3v) is 10.0. The monoisotopic (exact) mass is 584 g/mol. The van der Waals surface area contributed by atoms with Crippen LogP contribution in [0.2, 0.25) is 0 Å². The van der Waals surface area contributed by atoms with Crippen molar-refractivity contribution in [2.24, 2.45) is 24.3 Å². The molecule has 44 heavy (non-hydrogen) atoms. The molecule has 2 aliphatic rings. The fraction of sp³-hybridized carbons (Fsp3) is 0.415. The Kier molecular flexibility index (Phi) is 6.49. The molecule has 2 aliphatic carbocycles. The highest BCUT2D eigenvalue weighted by Gasteiger charge is 2.33. The highest BCUT2D eigenvalue weighted by molar-refractivity contribution is 6.14. The van der Waals surface area contributed by atoms with Gasteiger partial charge in [-0.25, -0.2) is 4.57 Å². The molecule has 0 aliphatic heterocycles. The highest BCUT2D eigenvalue weighted by atomic mass is 16.3. The van der Waals surface area contributed by atoms with E-state index in [1.807, 2.05) is 62.8 Å². The number of hydrogen-bond acceptors (Lipinski definition) is 2. The van der Waals surface area contributed by atoms with Crippen molar-refractivity contribution in [2.75, 3.05) is 0 Å². The Morgan fingerprint density at radius 2 is 1.61 bits per heavy atom. The van der Waals surface area contributed by atoms with Gasteiger partial charge in [0.05, 0.1) is 17.2 Å². The van der Waals surface area contributed by atoms with Gasteiger partial charge in [0, 0.05) is 32.6 Å². The normalized spacial score (nSPS) is 23.5. The molecule has 2 heterocycles. The lowest BCUT2D eigenvalue weighted by Gasteiger charge is -2.39. The van der Waals surface area contributed by atoms with Gasteiger partial charge in [-0.1, -0.05) is 82.9 Å². The van der Waals surface area contributed by atoms with Crippen LogP contribution in [0.1, 0.15) is 98.0 Å². The SMILES string of the molecule is [2H]C1(c2ccc(-c3c(C#N)ccc4c3oc3c(-c5cc(C([2H])([2H])C(C)(C)C)cc[n+]5C)c(C)ccc34)cc2)CCC2CCCCC2C1. The van der Waals surface area contributed by atoms with Crippen molar-refractivity contribution in [1.82, 2.24) is 0 Å². The Balaban J connectivity index is 1.35. The second-order valence-electron chi connectivity index (χ2n) is 14.2. The quantitative estimate of drug-likeness (QED) is 0.197. The van der Waals surface area contributed by atoms with E-state index >= 15 is 0 Å². The number of nitriles is 1. The van der Waals surface area contributed by atoms with Crippen LogP contribution in [0.5, 0.6) is 0 Å². The first kappa shape index (κ1) is 25.4. The molecule has 0 bridgehead atoms. The summed E-state index contributed by atoms with van der Waals surface area (Å²) in [5, 5.41) is 12.1. The van der Waals surface area contributed by atoms with Crippen molar-refractivity contribution in [2.45, 2.75) is 84.9 Å². The van der Waals surface area contributed by atoms with E-state index in [0.717, 1.165) is 75.0 Å². The lowest BCUT2D eigenvalue weighted by Crippen LogP contribution is -2.31. The Morgan fingerprint density at radius 1 is 0.909 bits per heavy atom. The van der Waals surface area contributed by atoms with Gasteiger partial charge in [0.2, 0.25) is 5.69 Å². The summed E-state index contributed by atoms with van der Waals surface area (Å²) in [6, 6.07) is 22.6. The third kappa shape index (κ3) is 5.23. The fourth-order valence-electron chi connectivity index (χ4n) is 7.88. The Labute approximate surface area is 266 Å². The Morgan fingerprint density at radius 3 is 2.34 bits per heavy atom. The summed E-state index contributed by atoms with van der Waals surface area (Å²) < 4.78 is 36.2. The molecule has 2 aromatic heterocycles. The molecular weight excluding hydrogens is 536 g/mol. The van der Waals surface area contributed by atoms with E-state index in [2.05, 4.69) is 49.4 Å². The van der Waals surface area contributed by atoms with Gasteiger partial charge in [-0.2, -0.15) is 5.26 Å². The number of aromatic nitrogens is 1. The molecular formula is C41H45N2O+. The minimum absolute atomic E-state index is 0.553. The second kappa shape index (κ2) is 11.2. The van der Waals surface area contributed by atoms with Gasteiger partial charge < -0.3 is 4.42 Å². The van der Waals surface area contributed by atoms with Crippen LogP contribution in [0.4, 0.5) is 0 Å². The fourth-order valence-corrected chi connectivity index (χ4v) is 7.88. The van der Waals surface area contributed by atoms with Gasteiger partial charge in [0.1, 0.15) is 18.2 Å². The summed E-state index contributed by atoms with van der Waals surface area (Å²) in [7, 11) is 1.98. The van der Waals surface area contributed by atoms with Gasteiger partial charge in [0.25, 0.3) is 0 Å². The lowest BCUT2D eigenvalue weighted by molar-refractivity contribution is -0.660. The largest absolute Gasteiger partial charge is 0.454 e. The molecule has 0 amide bonds. The minimum atomic E-state index is -1.54. The van der Waals surface area contributed by atoms with E-state index in [1.165, 1.54) is 25.7 Å². The van der Waals surface area contributed by atoms with Crippen molar-refractivity contribution in [3.8, 4) is 28.5 Å². The molecule has 224 valence electrons. The molecule has 3 heteroatoms. The molecule has 3 nitrogen and oxygen atoms in total. The number of nitrogens with zero attached hydrogens (tertiary/aromatic N) is 2. The first-order valence-electron chi connectivity index (χ1n) is 17.8. The van der Waals surface area contributed by atoms with Crippen LogP contribution in [0.3, 0.4) is 0 Å². The van der Waals surface area contributed by atoms with Crippen molar-refractivity contribution >= 4 is 21.9 Å². The van der Waals surface area contributed by atoms with Crippen LogP contribution in [-0.2, 0) is 13.4 Å². The summed E-state index contributed by atoms with van der Waals surface area (Å²) in [4.78, 5) is 0. The van der Waals surface area contributed by atoms with Crippen LogP contribution < -0.4 is 4.57 Å². The number of rotatable bonds is 4. The minimum Gasteiger partial charge on any atom is -0.454 e. The maximum atomic E-state index is 10.2.